The SMILES string of the molecule is CCOC(=O)CC1NCCN(CCc2c[nH]c3cc(C)ccc23)C1=O. The van der Waals surface area contributed by atoms with Crippen molar-refractivity contribution in [1.29, 1.82) is 0 Å². The molecule has 0 radical (unpaired) electrons. The summed E-state index contributed by atoms with van der Waals surface area (Å²) in [7, 11) is 0. The summed E-state index contributed by atoms with van der Waals surface area (Å²) >= 11 is 0. The quantitative estimate of drug-likeness (QED) is 0.784. The van der Waals surface area contributed by atoms with Gasteiger partial charge in [0, 0.05) is 36.7 Å². The van der Waals surface area contributed by atoms with Crippen molar-refractivity contribution in [1.82, 2.24) is 15.2 Å². The number of rotatable bonds is 6. The van der Waals surface area contributed by atoms with Crippen molar-refractivity contribution >= 4 is 22.8 Å². The fraction of sp³-hybridized carbons (Fsp3) is 0.474. The Morgan fingerprint density at radius 1 is 1.40 bits per heavy atom. The van der Waals surface area contributed by atoms with E-state index in [4.69, 9.17) is 4.74 Å². The summed E-state index contributed by atoms with van der Waals surface area (Å²) in [4.78, 5) is 29.4. The molecule has 1 aliphatic heterocycles. The minimum atomic E-state index is -0.474. The number of carbonyl (C=O) groups excluding carboxylic acids is 2. The molecule has 2 N–H and O–H groups in total. The predicted molar refractivity (Wildman–Crippen MR) is 96.4 cm³/mol. The maximum atomic E-state index is 12.6. The minimum Gasteiger partial charge on any atom is -0.466 e. The molecule has 1 saturated heterocycles. The van der Waals surface area contributed by atoms with Gasteiger partial charge in [-0.3, -0.25) is 9.59 Å². The summed E-state index contributed by atoms with van der Waals surface area (Å²) in [6.07, 6.45) is 2.91. The number of esters is 1. The van der Waals surface area contributed by atoms with E-state index in [2.05, 4.69) is 35.4 Å². The first-order valence-corrected chi connectivity index (χ1v) is 8.83. The van der Waals surface area contributed by atoms with Crippen molar-refractivity contribution in [2.75, 3.05) is 26.2 Å². The first kappa shape index (κ1) is 17.5. The maximum absolute atomic E-state index is 12.6. The van der Waals surface area contributed by atoms with Crippen LogP contribution in [0.1, 0.15) is 24.5 Å². The van der Waals surface area contributed by atoms with Gasteiger partial charge in [-0.2, -0.15) is 0 Å². The van der Waals surface area contributed by atoms with E-state index < -0.39 is 6.04 Å². The molecule has 1 aromatic heterocycles. The van der Waals surface area contributed by atoms with Gasteiger partial charge >= 0.3 is 5.97 Å². The molecule has 2 aromatic rings. The third-order valence-electron chi connectivity index (χ3n) is 4.63. The van der Waals surface area contributed by atoms with Gasteiger partial charge in [-0.05, 0) is 37.5 Å². The van der Waals surface area contributed by atoms with E-state index in [9.17, 15) is 9.59 Å². The number of amides is 1. The van der Waals surface area contributed by atoms with E-state index in [1.54, 1.807) is 6.92 Å². The molecule has 1 aliphatic rings. The maximum Gasteiger partial charge on any atom is 0.307 e. The highest BCUT2D eigenvalue weighted by Gasteiger charge is 2.30. The second-order valence-corrected chi connectivity index (χ2v) is 6.45. The van der Waals surface area contributed by atoms with Crippen molar-refractivity contribution in [3.8, 4) is 0 Å². The number of benzene rings is 1. The van der Waals surface area contributed by atoms with Crippen LogP contribution in [0.5, 0.6) is 0 Å². The van der Waals surface area contributed by atoms with Gasteiger partial charge in [-0.15, -0.1) is 0 Å². The Morgan fingerprint density at radius 3 is 3.04 bits per heavy atom. The number of aryl methyl sites for hydroxylation is 1. The highest BCUT2D eigenvalue weighted by molar-refractivity contribution is 5.87. The minimum absolute atomic E-state index is 0.0185. The number of hydrogen-bond acceptors (Lipinski definition) is 4. The molecule has 6 nitrogen and oxygen atoms in total. The van der Waals surface area contributed by atoms with E-state index >= 15 is 0 Å². The molecule has 3 rings (SSSR count). The Morgan fingerprint density at radius 2 is 2.24 bits per heavy atom. The van der Waals surface area contributed by atoms with Crippen LogP contribution < -0.4 is 5.32 Å². The zero-order valence-corrected chi connectivity index (χ0v) is 14.8. The van der Waals surface area contributed by atoms with E-state index in [1.807, 2.05) is 11.1 Å². The van der Waals surface area contributed by atoms with Crippen molar-refractivity contribution < 1.29 is 14.3 Å². The topological polar surface area (TPSA) is 74.4 Å². The highest BCUT2D eigenvalue weighted by Crippen LogP contribution is 2.20. The van der Waals surface area contributed by atoms with Crippen LogP contribution in [0.4, 0.5) is 0 Å². The lowest BCUT2D eigenvalue weighted by Gasteiger charge is -2.32. The predicted octanol–water partition coefficient (Wildman–Crippen LogP) is 1.77. The molecule has 1 atom stereocenters. The zero-order valence-electron chi connectivity index (χ0n) is 14.8. The number of aromatic nitrogens is 1. The Balaban J connectivity index is 1.61. The van der Waals surface area contributed by atoms with E-state index in [1.165, 1.54) is 16.5 Å². The third-order valence-corrected chi connectivity index (χ3v) is 4.63. The van der Waals surface area contributed by atoms with Crippen molar-refractivity contribution in [2.45, 2.75) is 32.7 Å². The largest absolute Gasteiger partial charge is 0.466 e. The average Bonchev–Trinajstić information content (AvgIpc) is 2.98. The second kappa shape index (κ2) is 7.70. The van der Waals surface area contributed by atoms with Gasteiger partial charge in [0.05, 0.1) is 19.1 Å². The second-order valence-electron chi connectivity index (χ2n) is 6.45. The van der Waals surface area contributed by atoms with Crippen LogP contribution in [0.15, 0.2) is 24.4 Å². The first-order chi connectivity index (χ1) is 12.1. The molecular weight excluding hydrogens is 318 g/mol. The summed E-state index contributed by atoms with van der Waals surface area (Å²) < 4.78 is 4.95. The Labute approximate surface area is 147 Å². The van der Waals surface area contributed by atoms with Crippen molar-refractivity contribution in [3.63, 3.8) is 0 Å². The molecule has 1 fully saturated rings. The van der Waals surface area contributed by atoms with E-state index in [0.29, 0.717) is 26.2 Å². The molecule has 1 unspecified atom stereocenters. The van der Waals surface area contributed by atoms with Crippen LogP contribution in [0.2, 0.25) is 0 Å². The molecule has 0 spiro atoms. The number of nitrogens with one attached hydrogen (secondary N) is 2. The molecule has 2 heterocycles. The van der Waals surface area contributed by atoms with Gasteiger partial charge in [-0.25, -0.2) is 0 Å². The van der Waals surface area contributed by atoms with Gasteiger partial charge in [0.15, 0.2) is 0 Å². The van der Waals surface area contributed by atoms with Crippen molar-refractivity contribution in [2.24, 2.45) is 0 Å². The van der Waals surface area contributed by atoms with Crippen LogP contribution in [-0.4, -0.2) is 54.0 Å². The molecular formula is C19H25N3O3. The Bertz CT molecular complexity index is 768. The lowest BCUT2D eigenvalue weighted by molar-refractivity contribution is -0.148. The normalized spacial score (nSPS) is 17.9. The fourth-order valence-corrected chi connectivity index (χ4v) is 3.32. The molecule has 1 amide bonds. The number of aromatic amines is 1. The summed E-state index contributed by atoms with van der Waals surface area (Å²) in [5.41, 5.74) is 3.56. The number of hydrogen-bond donors (Lipinski definition) is 2. The summed E-state index contributed by atoms with van der Waals surface area (Å²) in [6.45, 7) is 6.19. The summed E-state index contributed by atoms with van der Waals surface area (Å²) in [5, 5.41) is 4.32. The van der Waals surface area contributed by atoms with Crippen molar-refractivity contribution in [3.05, 3.63) is 35.5 Å². The number of nitrogens with zero attached hydrogens (tertiary/aromatic N) is 1. The zero-order chi connectivity index (χ0) is 17.8. The lowest BCUT2D eigenvalue weighted by atomic mass is 10.1. The third kappa shape index (κ3) is 4.02. The molecule has 6 heteroatoms. The summed E-state index contributed by atoms with van der Waals surface area (Å²) in [6, 6.07) is 5.88. The highest BCUT2D eigenvalue weighted by atomic mass is 16.5. The van der Waals surface area contributed by atoms with Crippen LogP contribution in [0.25, 0.3) is 10.9 Å². The van der Waals surface area contributed by atoms with Crippen LogP contribution >= 0.6 is 0 Å². The number of H-pyrrole nitrogens is 1. The van der Waals surface area contributed by atoms with E-state index in [-0.39, 0.29) is 18.3 Å². The average molecular weight is 343 g/mol. The number of ether oxygens (including phenoxy) is 1. The van der Waals surface area contributed by atoms with E-state index in [0.717, 1.165) is 11.9 Å². The molecule has 0 bridgehead atoms. The smallest absolute Gasteiger partial charge is 0.307 e. The monoisotopic (exact) mass is 343 g/mol. The molecule has 0 aliphatic carbocycles. The Hall–Kier alpha value is -2.34. The van der Waals surface area contributed by atoms with Gasteiger partial charge in [0.25, 0.3) is 0 Å². The van der Waals surface area contributed by atoms with Gasteiger partial charge in [-0.1, -0.05) is 12.1 Å². The number of fused-ring (bicyclic) bond motifs is 1. The molecule has 1 aromatic carbocycles. The Kier molecular flexibility index (Phi) is 5.38. The lowest BCUT2D eigenvalue weighted by Crippen LogP contribution is -2.56. The van der Waals surface area contributed by atoms with Crippen LogP contribution in [0, 0.1) is 6.92 Å². The fourth-order valence-electron chi connectivity index (χ4n) is 3.32. The summed E-state index contributed by atoms with van der Waals surface area (Å²) in [5.74, 6) is -0.350. The van der Waals surface area contributed by atoms with Gasteiger partial charge < -0.3 is 19.9 Å². The molecule has 0 saturated carbocycles. The molecule has 134 valence electrons. The van der Waals surface area contributed by atoms with Gasteiger partial charge in [0.2, 0.25) is 5.91 Å². The number of carbonyl (C=O) groups is 2. The number of piperazine rings is 1. The van der Waals surface area contributed by atoms with Crippen LogP contribution in [0.3, 0.4) is 0 Å². The first-order valence-electron chi connectivity index (χ1n) is 8.83. The van der Waals surface area contributed by atoms with Crippen LogP contribution in [-0.2, 0) is 20.7 Å². The van der Waals surface area contributed by atoms with Gasteiger partial charge in [0.1, 0.15) is 0 Å². The standard InChI is InChI=1S/C19H25N3O3/c1-3-25-18(23)11-17-19(24)22(9-7-20-17)8-6-14-12-21-16-10-13(2)4-5-15(14)16/h4-5,10,12,17,20-21H,3,6-9,11H2,1-2H3. The molecule has 25 heavy (non-hydrogen) atoms.